The molecule has 1 aromatic carbocycles. The van der Waals surface area contributed by atoms with Gasteiger partial charge in [-0.2, -0.15) is 4.39 Å². The molecule has 0 unspecified atom stereocenters. The van der Waals surface area contributed by atoms with Crippen LogP contribution in [0, 0.1) is 0 Å². The number of halogens is 3. The quantitative estimate of drug-likeness (QED) is 0.666. The number of benzene rings is 1. The van der Waals surface area contributed by atoms with Crippen molar-refractivity contribution in [3.8, 4) is 0 Å². The van der Waals surface area contributed by atoms with Gasteiger partial charge in [0, 0.05) is 18.4 Å². The van der Waals surface area contributed by atoms with Crippen LogP contribution in [0.2, 0.25) is 0 Å². The number of para-hydroxylation sites is 1. The van der Waals surface area contributed by atoms with Gasteiger partial charge in [0.05, 0.1) is 10.9 Å². The Morgan fingerprint density at radius 1 is 1.50 bits per heavy atom. The minimum atomic E-state index is -2.71. The number of hydrogen-bond acceptors (Lipinski definition) is 5. The second-order valence-corrected chi connectivity index (χ2v) is 6.68. The zero-order valence-corrected chi connectivity index (χ0v) is 13.5. The number of hydrogen-bond donors (Lipinski definition) is 1. The van der Waals surface area contributed by atoms with Crippen LogP contribution in [0.25, 0.3) is 10.9 Å². The molecule has 0 radical (unpaired) electrons. The number of alkyl halides is 3. The number of amides is 1. The molecule has 118 valence electrons. The van der Waals surface area contributed by atoms with Gasteiger partial charge in [-0.25, -0.2) is 9.78 Å². The third kappa shape index (κ3) is 4.02. The standard InChI is InChI=1S/C12H10Cl2FN3O3S/c1-2-9-16-8-6-4-3-5-7(8)10(19)18(9)21-11(20)17-22-12(13,14)15/h3-6H,2H2,1H3,(H,17,20). The first-order chi connectivity index (χ1) is 10.3. The van der Waals surface area contributed by atoms with E-state index in [-0.39, 0.29) is 23.2 Å². The average molecular weight is 366 g/mol. The van der Waals surface area contributed by atoms with Crippen LogP contribution in [0.1, 0.15) is 12.7 Å². The van der Waals surface area contributed by atoms with Crippen LogP contribution in [0.3, 0.4) is 0 Å². The summed E-state index contributed by atoms with van der Waals surface area (Å²) < 4.78 is 12.8. The van der Waals surface area contributed by atoms with Gasteiger partial charge in [-0.3, -0.25) is 9.52 Å². The van der Waals surface area contributed by atoms with E-state index >= 15 is 0 Å². The van der Waals surface area contributed by atoms with Gasteiger partial charge in [0.15, 0.2) is 0 Å². The molecule has 0 spiro atoms. The highest BCUT2D eigenvalue weighted by molar-refractivity contribution is 8.01. The summed E-state index contributed by atoms with van der Waals surface area (Å²) in [7, 11) is 0. The molecule has 0 fully saturated rings. The van der Waals surface area contributed by atoms with Gasteiger partial charge >= 0.3 is 10.0 Å². The zero-order chi connectivity index (χ0) is 16.3. The van der Waals surface area contributed by atoms with Gasteiger partial charge in [-0.1, -0.05) is 42.3 Å². The summed E-state index contributed by atoms with van der Waals surface area (Å²) in [6, 6.07) is 6.63. The minimum Gasteiger partial charge on any atom is -0.312 e. The second kappa shape index (κ2) is 6.72. The van der Waals surface area contributed by atoms with E-state index in [2.05, 4.69) is 4.98 Å². The van der Waals surface area contributed by atoms with E-state index in [9.17, 15) is 14.0 Å². The Hall–Kier alpha value is -1.51. The Balaban J connectivity index is 2.32. The number of carbonyl (C=O) groups is 1. The molecule has 1 N–H and O–H groups in total. The number of nitrogens with zero attached hydrogens (tertiary/aromatic N) is 2. The van der Waals surface area contributed by atoms with Crippen LogP contribution in [-0.4, -0.2) is 19.7 Å². The second-order valence-electron chi connectivity index (χ2n) is 4.03. The molecule has 2 aromatic rings. The summed E-state index contributed by atoms with van der Waals surface area (Å²) in [6.07, 6.45) is -0.763. The molecule has 0 atom stereocenters. The highest BCUT2D eigenvalue weighted by Crippen LogP contribution is 2.33. The van der Waals surface area contributed by atoms with Crippen molar-refractivity contribution in [2.45, 2.75) is 17.3 Å². The molecule has 0 aliphatic carbocycles. The monoisotopic (exact) mass is 365 g/mol. The fourth-order valence-electron chi connectivity index (χ4n) is 1.68. The Labute approximate surface area is 138 Å². The molecule has 0 saturated carbocycles. The lowest BCUT2D eigenvalue weighted by molar-refractivity contribution is 0.129. The minimum absolute atomic E-state index is 0.0877. The molecule has 2 rings (SSSR count). The van der Waals surface area contributed by atoms with Crippen molar-refractivity contribution in [2.24, 2.45) is 0 Å². The van der Waals surface area contributed by atoms with E-state index in [0.29, 0.717) is 11.9 Å². The zero-order valence-electron chi connectivity index (χ0n) is 11.2. The van der Waals surface area contributed by atoms with Crippen molar-refractivity contribution in [2.75, 3.05) is 0 Å². The fraction of sp³-hybridized carbons (Fsp3) is 0.250. The van der Waals surface area contributed by atoms with Crippen molar-refractivity contribution < 1.29 is 14.0 Å². The summed E-state index contributed by atoms with van der Waals surface area (Å²) in [5.74, 6) is 0.243. The number of fused-ring (bicyclic) bond motifs is 1. The number of aryl methyl sites for hydroxylation is 1. The molecule has 1 amide bonds. The fourth-order valence-corrected chi connectivity index (χ4v) is 2.15. The Bertz CT molecular complexity index is 763. The normalized spacial score (nSPS) is 11.5. The third-order valence-corrected chi connectivity index (χ3v) is 3.51. The Kier molecular flexibility index (Phi) is 5.15. The highest BCUT2D eigenvalue weighted by atomic mass is 35.5. The van der Waals surface area contributed by atoms with Gasteiger partial charge < -0.3 is 4.84 Å². The van der Waals surface area contributed by atoms with Crippen molar-refractivity contribution in [3.63, 3.8) is 0 Å². The van der Waals surface area contributed by atoms with Crippen LogP contribution in [-0.2, 0) is 6.42 Å². The molecule has 0 bridgehead atoms. The van der Waals surface area contributed by atoms with Crippen molar-refractivity contribution in [1.82, 2.24) is 14.4 Å². The van der Waals surface area contributed by atoms with Crippen LogP contribution in [0.4, 0.5) is 9.18 Å². The molecule has 22 heavy (non-hydrogen) atoms. The smallest absolute Gasteiger partial charge is 0.312 e. The largest absolute Gasteiger partial charge is 0.442 e. The molecule has 0 saturated heterocycles. The summed E-state index contributed by atoms with van der Waals surface area (Å²) in [6.45, 7) is 1.74. The van der Waals surface area contributed by atoms with Crippen LogP contribution in [0.5, 0.6) is 0 Å². The van der Waals surface area contributed by atoms with Gasteiger partial charge in [0.2, 0.25) is 0 Å². The first-order valence-corrected chi connectivity index (χ1v) is 7.63. The number of rotatable bonds is 4. The van der Waals surface area contributed by atoms with Gasteiger partial charge in [0.1, 0.15) is 5.82 Å². The van der Waals surface area contributed by atoms with Crippen molar-refractivity contribution in [1.29, 1.82) is 0 Å². The van der Waals surface area contributed by atoms with Crippen molar-refractivity contribution in [3.05, 3.63) is 40.4 Å². The lowest BCUT2D eigenvalue weighted by atomic mass is 10.2. The maximum absolute atomic E-state index is 12.9. The number of aromatic nitrogens is 2. The summed E-state index contributed by atoms with van der Waals surface area (Å²) in [5.41, 5.74) is -0.0610. The number of carbonyl (C=O) groups excluding carboxylic acids is 1. The van der Waals surface area contributed by atoms with Gasteiger partial charge in [-0.15, -0.1) is 4.73 Å². The molecular formula is C12H10Cl2FN3O3S. The lowest BCUT2D eigenvalue weighted by Crippen LogP contribution is -2.38. The molecule has 0 aliphatic heterocycles. The van der Waals surface area contributed by atoms with E-state index in [1.54, 1.807) is 31.2 Å². The van der Waals surface area contributed by atoms with E-state index in [1.165, 1.54) is 0 Å². The van der Waals surface area contributed by atoms with Crippen LogP contribution >= 0.6 is 35.1 Å². The molecule has 1 aromatic heterocycles. The van der Waals surface area contributed by atoms with Crippen molar-refractivity contribution >= 4 is 52.1 Å². The highest BCUT2D eigenvalue weighted by Gasteiger charge is 2.25. The van der Waals surface area contributed by atoms with Gasteiger partial charge in [-0.05, 0) is 12.1 Å². The SMILES string of the molecule is CCc1nc2ccccc2c(=O)n1OC(=O)NSC(F)(Cl)Cl. The predicted octanol–water partition coefficient (Wildman–Crippen LogP) is 2.80. The number of nitrogens with one attached hydrogen (secondary N) is 1. The first-order valence-electron chi connectivity index (χ1n) is 6.05. The predicted molar refractivity (Wildman–Crippen MR) is 83.6 cm³/mol. The average Bonchev–Trinajstić information content (AvgIpc) is 2.47. The molecule has 0 aliphatic rings. The Morgan fingerprint density at radius 3 is 2.82 bits per heavy atom. The van der Waals surface area contributed by atoms with E-state index in [1.807, 2.05) is 4.72 Å². The lowest BCUT2D eigenvalue weighted by Gasteiger charge is -2.13. The van der Waals surface area contributed by atoms with E-state index < -0.39 is 15.6 Å². The van der Waals surface area contributed by atoms with E-state index in [0.717, 1.165) is 4.73 Å². The maximum Gasteiger partial charge on any atom is 0.442 e. The van der Waals surface area contributed by atoms with Crippen LogP contribution in [0.15, 0.2) is 29.1 Å². The molecule has 6 nitrogen and oxygen atoms in total. The van der Waals surface area contributed by atoms with Gasteiger partial charge in [0.25, 0.3) is 5.56 Å². The summed E-state index contributed by atoms with van der Waals surface area (Å²) >= 11 is 10.2. The topological polar surface area (TPSA) is 73.2 Å². The third-order valence-electron chi connectivity index (χ3n) is 2.54. The molecule has 10 heteroatoms. The Morgan fingerprint density at radius 2 is 2.18 bits per heavy atom. The maximum atomic E-state index is 12.9. The molecule has 1 heterocycles. The van der Waals surface area contributed by atoms with E-state index in [4.69, 9.17) is 28.0 Å². The van der Waals surface area contributed by atoms with Crippen LogP contribution < -0.4 is 15.1 Å². The summed E-state index contributed by atoms with van der Waals surface area (Å²) in [5, 5.41) is 0.287. The molecular weight excluding hydrogens is 356 g/mol. The first kappa shape index (κ1) is 16.9. The summed E-state index contributed by atoms with van der Waals surface area (Å²) in [4.78, 5) is 33.0.